The van der Waals surface area contributed by atoms with Gasteiger partial charge in [0.15, 0.2) is 16.6 Å². The number of methoxy groups -OCH3 is 3. The second kappa shape index (κ2) is 9.56. The summed E-state index contributed by atoms with van der Waals surface area (Å²) in [5.74, 6) is 0.466. The van der Waals surface area contributed by atoms with Crippen LogP contribution < -0.4 is 30.2 Å². The Balaban J connectivity index is 2.10. The number of carbonyl (C=O) groups is 2. The topological polar surface area (TPSA) is 97.9 Å². The molecule has 2 aromatic rings. The molecule has 0 saturated heterocycles. The van der Waals surface area contributed by atoms with Crippen LogP contribution in [-0.2, 0) is 0 Å². The van der Waals surface area contributed by atoms with Crippen LogP contribution in [0.1, 0.15) is 20.7 Å². The van der Waals surface area contributed by atoms with Crippen molar-refractivity contribution < 1.29 is 23.8 Å². The van der Waals surface area contributed by atoms with Crippen LogP contribution >= 0.6 is 12.2 Å². The van der Waals surface area contributed by atoms with Gasteiger partial charge in [-0.25, -0.2) is 0 Å². The van der Waals surface area contributed by atoms with Crippen molar-refractivity contribution in [3.05, 3.63) is 47.5 Å². The first kappa shape index (κ1) is 21.0. The van der Waals surface area contributed by atoms with Gasteiger partial charge in [0.2, 0.25) is 5.75 Å². The summed E-state index contributed by atoms with van der Waals surface area (Å²) in [4.78, 5) is 24.1. The number of carbonyl (C=O) groups excluding carboxylic acids is 2. The molecule has 28 heavy (non-hydrogen) atoms. The van der Waals surface area contributed by atoms with E-state index in [4.69, 9.17) is 26.4 Å². The Bertz CT molecular complexity index is 859. The Hall–Kier alpha value is -3.33. The lowest BCUT2D eigenvalue weighted by Crippen LogP contribution is -2.34. The van der Waals surface area contributed by atoms with Crippen LogP contribution in [0.4, 0.5) is 5.69 Å². The van der Waals surface area contributed by atoms with E-state index in [9.17, 15) is 9.59 Å². The van der Waals surface area contributed by atoms with Crippen LogP contribution in [0.3, 0.4) is 0 Å². The minimum atomic E-state index is -0.446. The van der Waals surface area contributed by atoms with E-state index >= 15 is 0 Å². The number of hydrogen-bond donors (Lipinski definition) is 3. The van der Waals surface area contributed by atoms with Crippen LogP contribution in [0, 0.1) is 0 Å². The number of benzene rings is 2. The molecule has 0 aromatic heterocycles. The fraction of sp³-hybridized carbons (Fsp3) is 0.211. The average molecular weight is 403 g/mol. The highest BCUT2D eigenvalue weighted by Gasteiger charge is 2.17. The Morgan fingerprint density at radius 2 is 1.43 bits per heavy atom. The molecule has 0 saturated carbocycles. The minimum absolute atomic E-state index is 0.103. The van der Waals surface area contributed by atoms with Crippen LogP contribution in [0.5, 0.6) is 17.2 Å². The van der Waals surface area contributed by atoms with Crippen molar-refractivity contribution in [3.63, 3.8) is 0 Å². The predicted molar refractivity (Wildman–Crippen MR) is 110 cm³/mol. The zero-order valence-corrected chi connectivity index (χ0v) is 16.7. The van der Waals surface area contributed by atoms with E-state index < -0.39 is 5.91 Å². The number of thiocarbonyl (C=S) groups is 1. The summed E-state index contributed by atoms with van der Waals surface area (Å²) in [6.07, 6.45) is 0. The SMILES string of the molecule is CNC(=O)c1ccc(NC(=S)NC(=O)c2cc(OC)c(OC)c(OC)c2)cc1. The Labute approximate surface area is 168 Å². The molecule has 0 bridgehead atoms. The summed E-state index contributed by atoms with van der Waals surface area (Å²) in [5.41, 5.74) is 1.43. The maximum Gasteiger partial charge on any atom is 0.257 e. The van der Waals surface area contributed by atoms with Gasteiger partial charge in [0.05, 0.1) is 21.3 Å². The second-order valence-electron chi connectivity index (χ2n) is 5.48. The first-order valence-corrected chi connectivity index (χ1v) is 8.58. The van der Waals surface area contributed by atoms with E-state index in [0.29, 0.717) is 28.5 Å². The van der Waals surface area contributed by atoms with E-state index in [1.165, 1.54) is 33.5 Å². The van der Waals surface area contributed by atoms with Crippen molar-refractivity contribution in [2.45, 2.75) is 0 Å². The second-order valence-corrected chi connectivity index (χ2v) is 5.89. The summed E-state index contributed by atoms with van der Waals surface area (Å²) in [6.45, 7) is 0. The molecule has 0 aliphatic heterocycles. The van der Waals surface area contributed by atoms with E-state index in [0.717, 1.165) is 0 Å². The molecule has 0 fully saturated rings. The summed E-state index contributed by atoms with van der Waals surface area (Å²) in [5, 5.41) is 8.11. The third-order valence-corrected chi connectivity index (χ3v) is 3.99. The number of anilines is 1. The quantitative estimate of drug-likeness (QED) is 0.636. The lowest BCUT2D eigenvalue weighted by Gasteiger charge is -2.14. The van der Waals surface area contributed by atoms with Gasteiger partial charge in [-0.15, -0.1) is 0 Å². The highest BCUT2D eigenvalue weighted by atomic mass is 32.1. The third-order valence-electron chi connectivity index (χ3n) is 3.79. The highest BCUT2D eigenvalue weighted by Crippen LogP contribution is 2.38. The number of rotatable bonds is 6. The van der Waals surface area contributed by atoms with Gasteiger partial charge in [0, 0.05) is 23.9 Å². The van der Waals surface area contributed by atoms with Gasteiger partial charge in [0.25, 0.3) is 11.8 Å². The fourth-order valence-corrected chi connectivity index (χ4v) is 2.61. The summed E-state index contributed by atoms with van der Waals surface area (Å²) >= 11 is 5.18. The molecular weight excluding hydrogens is 382 g/mol. The Morgan fingerprint density at radius 3 is 1.89 bits per heavy atom. The molecule has 0 unspecified atom stereocenters. The maximum atomic E-state index is 12.5. The van der Waals surface area contributed by atoms with Gasteiger partial charge >= 0.3 is 0 Å². The zero-order valence-electron chi connectivity index (χ0n) is 15.9. The van der Waals surface area contributed by atoms with E-state index in [2.05, 4.69) is 16.0 Å². The average Bonchev–Trinajstić information content (AvgIpc) is 2.72. The summed E-state index contributed by atoms with van der Waals surface area (Å²) in [7, 11) is 5.97. The van der Waals surface area contributed by atoms with Gasteiger partial charge < -0.3 is 24.8 Å². The number of hydrogen-bond acceptors (Lipinski definition) is 6. The minimum Gasteiger partial charge on any atom is -0.493 e. The highest BCUT2D eigenvalue weighted by molar-refractivity contribution is 7.80. The number of nitrogens with one attached hydrogen (secondary N) is 3. The standard InChI is InChI=1S/C19H21N3O5S/c1-20-17(23)11-5-7-13(8-6-11)21-19(28)22-18(24)12-9-14(25-2)16(27-4)15(10-12)26-3/h5-10H,1-4H3,(H,20,23)(H2,21,22,24,28). The van der Waals surface area contributed by atoms with Crippen molar-refractivity contribution in [1.29, 1.82) is 0 Å². The molecule has 0 spiro atoms. The van der Waals surface area contributed by atoms with Crippen LogP contribution in [0.15, 0.2) is 36.4 Å². The van der Waals surface area contributed by atoms with Crippen molar-refractivity contribution >= 4 is 34.8 Å². The monoisotopic (exact) mass is 403 g/mol. The van der Waals surface area contributed by atoms with Crippen molar-refractivity contribution in [2.24, 2.45) is 0 Å². The molecule has 0 aliphatic carbocycles. The van der Waals surface area contributed by atoms with Crippen LogP contribution in [-0.4, -0.2) is 45.3 Å². The van der Waals surface area contributed by atoms with E-state index in [1.54, 1.807) is 31.3 Å². The smallest absolute Gasteiger partial charge is 0.257 e. The van der Waals surface area contributed by atoms with E-state index in [1.807, 2.05) is 0 Å². The van der Waals surface area contributed by atoms with Gasteiger partial charge in [0.1, 0.15) is 0 Å². The van der Waals surface area contributed by atoms with Gasteiger partial charge in [-0.1, -0.05) is 0 Å². The predicted octanol–water partition coefficient (Wildman–Crippen LogP) is 2.20. The molecule has 148 valence electrons. The normalized spacial score (nSPS) is 9.86. The molecule has 9 heteroatoms. The first-order chi connectivity index (χ1) is 13.4. The zero-order chi connectivity index (χ0) is 20.7. The molecule has 2 aromatic carbocycles. The molecule has 2 rings (SSSR count). The first-order valence-electron chi connectivity index (χ1n) is 8.18. The van der Waals surface area contributed by atoms with Crippen LogP contribution in [0.2, 0.25) is 0 Å². The largest absolute Gasteiger partial charge is 0.493 e. The van der Waals surface area contributed by atoms with E-state index in [-0.39, 0.29) is 16.6 Å². The Kier molecular flexibility index (Phi) is 7.16. The molecule has 0 aliphatic rings. The molecular formula is C19H21N3O5S. The Morgan fingerprint density at radius 1 is 0.857 bits per heavy atom. The van der Waals surface area contributed by atoms with Gasteiger partial charge in [-0.2, -0.15) is 0 Å². The maximum absolute atomic E-state index is 12.5. The lowest BCUT2D eigenvalue weighted by atomic mass is 10.1. The summed E-state index contributed by atoms with van der Waals surface area (Å²) < 4.78 is 15.7. The molecule has 3 N–H and O–H groups in total. The lowest BCUT2D eigenvalue weighted by molar-refractivity contribution is 0.0959. The molecule has 0 atom stereocenters. The van der Waals surface area contributed by atoms with Crippen molar-refractivity contribution in [1.82, 2.24) is 10.6 Å². The molecule has 2 amide bonds. The third kappa shape index (κ3) is 4.89. The fourth-order valence-electron chi connectivity index (χ4n) is 2.40. The number of amides is 2. The molecule has 0 heterocycles. The summed E-state index contributed by atoms with van der Waals surface area (Å²) in [6, 6.07) is 9.70. The van der Waals surface area contributed by atoms with Gasteiger partial charge in [-0.05, 0) is 48.6 Å². The van der Waals surface area contributed by atoms with Gasteiger partial charge in [-0.3, -0.25) is 14.9 Å². The number of ether oxygens (including phenoxy) is 3. The van der Waals surface area contributed by atoms with Crippen LogP contribution in [0.25, 0.3) is 0 Å². The molecule has 0 radical (unpaired) electrons. The van der Waals surface area contributed by atoms with Crippen molar-refractivity contribution in [3.8, 4) is 17.2 Å². The molecule has 8 nitrogen and oxygen atoms in total. The van der Waals surface area contributed by atoms with Crippen molar-refractivity contribution in [2.75, 3.05) is 33.7 Å².